The second kappa shape index (κ2) is 8.93. The lowest BCUT2D eigenvalue weighted by atomic mass is 9.76. The van der Waals surface area contributed by atoms with Crippen LogP contribution in [0.1, 0.15) is 5.56 Å². The van der Waals surface area contributed by atoms with Crippen LogP contribution in [-0.2, 0) is 16.0 Å². The molecule has 0 saturated heterocycles. The van der Waals surface area contributed by atoms with Crippen molar-refractivity contribution in [3.05, 3.63) is 46.5 Å². The van der Waals surface area contributed by atoms with Crippen LogP contribution in [0.4, 0.5) is 0 Å². The van der Waals surface area contributed by atoms with Crippen molar-refractivity contribution in [3.63, 3.8) is 0 Å². The molecule has 124 valence electrons. The lowest BCUT2D eigenvalue weighted by Gasteiger charge is -2.21. The monoisotopic (exact) mass is 358 g/mol. The zero-order valence-electron chi connectivity index (χ0n) is 12.5. The summed E-state index contributed by atoms with van der Waals surface area (Å²) in [7, 11) is -0.351. The molecule has 1 aromatic carbocycles. The number of rotatable bonds is 7. The highest BCUT2D eigenvalue weighted by molar-refractivity contribution is 6.43. The van der Waals surface area contributed by atoms with Gasteiger partial charge in [-0.1, -0.05) is 35.8 Å². The van der Waals surface area contributed by atoms with Crippen LogP contribution >= 0.6 is 23.2 Å². The molecule has 23 heavy (non-hydrogen) atoms. The maximum atomic E-state index is 11.9. The van der Waals surface area contributed by atoms with Gasteiger partial charge in [0.05, 0.1) is 12.5 Å². The van der Waals surface area contributed by atoms with Crippen LogP contribution < -0.4 is 5.32 Å². The molecule has 1 atom stereocenters. The third-order valence-corrected chi connectivity index (χ3v) is 3.68. The summed E-state index contributed by atoms with van der Waals surface area (Å²) in [4.78, 5) is 24.4. The molecule has 0 unspecified atom stereocenters. The van der Waals surface area contributed by atoms with Gasteiger partial charge in [0.15, 0.2) is 0 Å². The van der Waals surface area contributed by atoms with Crippen molar-refractivity contribution in [2.75, 3.05) is 13.6 Å². The predicted octanol–water partition coefficient (Wildman–Crippen LogP) is 0.677. The standard InChI is InChI=1S/C14H17BCl2N2O4/c1-3-14(21)19(2)8-13(20)18-12(15(22)23)6-9-4-5-10(16)7-11(9)17/h3-5,7,12,22-23H,1,6,8H2,2H3,(H,18,20)/t12-/m0/s1. The molecule has 0 spiro atoms. The lowest BCUT2D eigenvalue weighted by molar-refractivity contribution is -0.131. The molecule has 0 saturated carbocycles. The van der Waals surface area contributed by atoms with Gasteiger partial charge in [-0.3, -0.25) is 9.59 Å². The van der Waals surface area contributed by atoms with E-state index in [1.165, 1.54) is 13.1 Å². The molecule has 0 aliphatic heterocycles. The molecule has 1 rings (SSSR count). The molecule has 0 fully saturated rings. The Balaban J connectivity index is 2.73. The van der Waals surface area contributed by atoms with Gasteiger partial charge in [0, 0.05) is 17.1 Å². The third kappa shape index (κ3) is 6.23. The molecule has 0 aromatic heterocycles. The van der Waals surface area contributed by atoms with Crippen LogP contribution in [0.3, 0.4) is 0 Å². The summed E-state index contributed by atoms with van der Waals surface area (Å²) < 4.78 is 0. The second-order valence-electron chi connectivity index (χ2n) is 4.93. The summed E-state index contributed by atoms with van der Waals surface area (Å²) >= 11 is 11.8. The summed E-state index contributed by atoms with van der Waals surface area (Å²) in [5.74, 6) is -1.93. The highest BCUT2D eigenvalue weighted by atomic mass is 35.5. The minimum Gasteiger partial charge on any atom is -0.426 e. The molecule has 6 nitrogen and oxygen atoms in total. The van der Waals surface area contributed by atoms with Gasteiger partial charge >= 0.3 is 7.12 Å². The average Bonchev–Trinajstić information content (AvgIpc) is 2.47. The fourth-order valence-corrected chi connectivity index (χ4v) is 2.34. The van der Waals surface area contributed by atoms with Crippen LogP contribution in [0.2, 0.25) is 10.0 Å². The van der Waals surface area contributed by atoms with Crippen molar-refractivity contribution < 1.29 is 19.6 Å². The Hall–Kier alpha value is -1.54. The van der Waals surface area contributed by atoms with Crippen molar-refractivity contribution in [2.24, 2.45) is 0 Å². The molecule has 0 radical (unpaired) electrons. The number of likely N-dealkylation sites (N-methyl/N-ethyl adjacent to an activating group) is 1. The Morgan fingerprint density at radius 1 is 1.43 bits per heavy atom. The van der Waals surface area contributed by atoms with Crippen LogP contribution in [0.25, 0.3) is 0 Å². The number of hydrogen-bond acceptors (Lipinski definition) is 4. The number of nitrogens with one attached hydrogen (secondary N) is 1. The Morgan fingerprint density at radius 3 is 2.61 bits per heavy atom. The highest BCUT2D eigenvalue weighted by Gasteiger charge is 2.27. The Kier molecular flexibility index (Phi) is 7.58. The molecule has 9 heteroatoms. The lowest BCUT2D eigenvalue weighted by Crippen LogP contribution is -2.50. The number of carbonyl (C=O) groups is 2. The predicted molar refractivity (Wildman–Crippen MR) is 90.1 cm³/mol. The molecule has 0 bridgehead atoms. The van der Waals surface area contributed by atoms with Gasteiger partial charge in [0.2, 0.25) is 11.8 Å². The number of hydrogen-bond donors (Lipinski definition) is 3. The first-order valence-electron chi connectivity index (χ1n) is 6.71. The summed E-state index contributed by atoms with van der Waals surface area (Å²) in [5.41, 5.74) is 0.602. The van der Waals surface area contributed by atoms with E-state index in [9.17, 15) is 19.6 Å². The SMILES string of the molecule is C=CC(=O)N(C)CC(=O)N[C@@H](Cc1ccc(Cl)cc1Cl)B(O)O. The first kappa shape index (κ1) is 19.5. The second-order valence-corrected chi connectivity index (χ2v) is 5.77. The number of carbonyl (C=O) groups excluding carboxylic acids is 2. The van der Waals surface area contributed by atoms with Crippen molar-refractivity contribution >= 4 is 42.1 Å². The number of halogens is 2. The van der Waals surface area contributed by atoms with Crippen molar-refractivity contribution in [3.8, 4) is 0 Å². The van der Waals surface area contributed by atoms with Gasteiger partial charge in [0.25, 0.3) is 0 Å². The first-order chi connectivity index (χ1) is 10.7. The van der Waals surface area contributed by atoms with Gasteiger partial charge in [-0.2, -0.15) is 0 Å². The zero-order chi connectivity index (χ0) is 17.6. The van der Waals surface area contributed by atoms with Gasteiger partial charge in [0.1, 0.15) is 0 Å². The van der Waals surface area contributed by atoms with E-state index in [0.29, 0.717) is 15.6 Å². The summed E-state index contributed by atoms with van der Waals surface area (Å²) in [6, 6.07) is 4.78. The Bertz CT molecular complexity index is 598. The maximum absolute atomic E-state index is 11.9. The minimum absolute atomic E-state index is 0.0958. The summed E-state index contributed by atoms with van der Waals surface area (Å²) in [6.45, 7) is 3.09. The molecular formula is C14H17BCl2N2O4. The largest absolute Gasteiger partial charge is 0.475 e. The van der Waals surface area contributed by atoms with Crippen LogP contribution in [0.15, 0.2) is 30.9 Å². The topological polar surface area (TPSA) is 89.9 Å². The van der Waals surface area contributed by atoms with E-state index in [2.05, 4.69) is 11.9 Å². The van der Waals surface area contributed by atoms with E-state index in [0.717, 1.165) is 11.0 Å². The van der Waals surface area contributed by atoms with E-state index in [-0.39, 0.29) is 13.0 Å². The van der Waals surface area contributed by atoms with Gasteiger partial charge in [-0.15, -0.1) is 0 Å². The maximum Gasteiger partial charge on any atom is 0.475 e. The normalized spacial score (nSPS) is 11.5. The fourth-order valence-electron chi connectivity index (χ4n) is 1.86. The molecule has 3 N–H and O–H groups in total. The van der Waals surface area contributed by atoms with E-state index in [4.69, 9.17) is 23.2 Å². The Labute approximate surface area is 144 Å². The zero-order valence-corrected chi connectivity index (χ0v) is 14.0. The Morgan fingerprint density at radius 2 is 2.09 bits per heavy atom. The first-order valence-corrected chi connectivity index (χ1v) is 7.47. The number of amides is 2. The van der Waals surface area contributed by atoms with Crippen LogP contribution in [0.5, 0.6) is 0 Å². The minimum atomic E-state index is -1.79. The van der Waals surface area contributed by atoms with Crippen LogP contribution in [-0.4, -0.2) is 53.4 Å². The molecule has 2 amide bonds. The van der Waals surface area contributed by atoms with E-state index < -0.39 is 24.9 Å². The molecule has 0 heterocycles. The molecule has 0 aliphatic carbocycles. The molecule has 1 aromatic rings. The van der Waals surface area contributed by atoms with Gasteiger partial charge in [-0.05, 0) is 30.2 Å². The van der Waals surface area contributed by atoms with E-state index >= 15 is 0 Å². The highest BCUT2D eigenvalue weighted by Crippen LogP contribution is 2.22. The van der Waals surface area contributed by atoms with Crippen molar-refractivity contribution in [1.29, 1.82) is 0 Å². The van der Waals surface area contributed by atoms with Crippen molar-refractivity contribution in [1.82, 2.24) is 10.2 Å². The smallest absolute Gasteiger partial charge is 0.426 e. The molecule has 0 aliphatic rings. The third-order valence-electron chi connectivity index (χ3n) is 3.09. The van der Waals surface area contributed by atoms with Crippen molar-refractivity contribution in [2.45, 2.75) is 12.4 Å². The van der Waals surface area contributed by atoms with Gasteiger partial charge < -0.3 is 20.3 Å². The number of benzene rings is 1. The average molecular weight is 359 g/mol. The fraction of sp³-hybridized carbons (Fsp3) is 0.286. The van der Waals surface area contributed by atoms with E-state index in [1.807, 2.05) is 0 Å². The van der Waals surface area contributed by atoms with Gasteiger partial charge in [-0.25, -0.2) is 0 Å². The van der Waals surface area contributed by atoms with E-state index in [1.54, 1.807) is 12.1 Å². The van der Waals surface area contributed by atoms with Crippen LogP contribution in [0, 0.1) is 0 Å². The number of nitrogens with zero attached hydrogens (tertiary/aromatic N) is 1. The summed E-state index contributed by atoms with van der Waals surface area (Å²) in [6.07, 6.45) is 1.18. The molecular weight excluding hydrogens is 342 g/mol. The summed E-state index contributed by atoms with van der Waals surface area (Å²) in [5, 5.41) is 22.1. The quantitative estimate of drug-likeness (QED) is 0.493.